The van der Waals surface area contributed by atoms with E-state index in [2.05, 4.69) is 43.4 Å². The molecule has 0 aliphatic rings. The Balaban J connectivity index is 2.36. The van der Waals surface area contributed by atoms with Gasteiger partial charge >= 0.3 is 0 Å². The van der Waals surface area contributed by atoms with Crippen LogP contribution in [-0.2, 0) is 17.8 Å². The minimum absolute atomic E-state index is 0.754. The Kier molecular flexibility index (Phi) is 8.53. The Bertz CT molecular complexity index is 281. The standard InChI is InChI=1S/C16H27NO/c1-3-5-13-18-14-16-9-7-6-8-15(16)10-12-17-11-4-2/h6-9,17H,3-5,10-14H2,1-2H3. The second kappa shape index (κ2) is 10.1. The van der Waals surface area contributed by atoms with Gasteiger partial charge in [0.2, 0.25) is 0 Å². The van der Waals surface area contributed by atoms with Gasteiger partial charge in [-0.3, -0.25) is 0 Å². The molecule has 0 aliphatic heterocycles. The fourth-order valence-electron chi connectivity index (χ4n) is 1.90. The number of ether oxygens (including phenoxy) is 1. The smallest absolute Gasteiger partial charge is 0.0719 e. The van der Waals surface area contributed by atoms with Crippen molar-refractivity contribution in [2.24, 2.45) is 0 Å². The van der Waals surface area contributed by atoms with E-state index in [-0.39, 0.29) is 0 Å². The Hall–Kier alpha value is -0.860. The van der Waals surface area contributed by atoms with E-state index in [1.165, 1.54) is 24.0 Å². The molecule has 2 nitrogen and oxygen atoms in total. The van der Waals surface area contributed by atoms with Gasteiger partial charge in [0, 0.05) is 6.61 Å². The lowest BCUT2D eigenvalue weighted by Crippen LogP contribution is -2.18. The van der Waals surface area contributed by atoms with Gasteiger partial charge in [-0.2, -0.15) is 0 Å². The number of hydrogen-bond donors (Lipinski definition) is 1. The van der Waals surface area contributed by atoms with E-state index in [0.717, 1.165) is 39.1 Å². The van der Waals surface area contributed by atoms with Crippen LogP contribution < -0.4 is 5.32 Å². The molecule has 0 aliphatic carbocycles. The molecule has 0 atom stereocenters. The number of rotatable bonds is 10. The summed E-state index contributed by atoms with van der Waals surface area (Å²) in [5, 5.41) is 3.45. The molecule has 0 saturated carbocycles. The summed E-state index contributed by atoms with van der Waals surface area (Å²) in [6, 6.07) is 8.61. The van der Waals surface area contributed by atoms with Crippen molar-refractivity contribution in [3.63, 3.8) is 0 Å². The molecule has 0 fully saturated rings. The van der Waals surface area contributed by atoms with Crippen LogP contribution >= 0.6 is 0 Å². The third-order valence-electron chi connectivity index (χ3n) is 3.02. The summed E-state index contributed by atoms with van der Waals surface area (Å²) in [5.41, 5.74) is 2.75. The van der Waals surface area contributed by atoms with E-state index < -0.39 is 0 Å². The van der Waals surface area contributed by atoms with Gasteiger partial charge in [0.25, 0.3) is 0 Å². The van der Waals surface area contributed by atoms with E-state index in [1.54, 1.807) is 0 Å². The zero-order chi connectivity index (χ0) is 13.1. The minimum Gasteiger partial charge on any atom is -0.377 e. The quantitative estimate of drug-likeness (QED) is 0.640. The first-order chi connectivity index (χ1) is 8.88. The largest absolute Gasteiger partial charge is 0.377 e. The molecule has 0 radical (unpaired) electrons. The predicted octanol–water partition coefficient (Wildman–Crippen LogP) is 3.55. The molecule has 0 heterocycles. The highest BCUT2D eigenvalue weighted by Gasteiger charge is 2.01. The van der Waals surface area contributed by atoms with Crippen LogP contribution in [0.4, 0.5) is 0 Å². The fourth-order valence-corrected chi connectivity index (χ4v) is 1.90. The van der Waals surface area contributed by atoms with Gasteiger partial charge < -0.3 is 10.1 Å². The van der Waals surface area contributed by atoms with Crippen LogP contribution in [-0.4, -0.2) is 19.7 Å². The number of nitrogens with one attached hydrogen (secondary N) is 1. The zero-order valence-electron chi connectivity index (χ0n) is 11.9. The monoisotopic (exact) mass is 249 g/mol. The van der Waals surface area contributed by atoms with Gasteiger partial charge in [-0.05, 0) is 43.5 Å². The maximum absolute atomic E-state index is 5.71. The summed E-state index contributed by atoms with van der Waals surface area (Å²) in [4.78, 5) is 0. The van der Waals surface area contributed by atoms with Gasteiger partial charge in [-0.15, -0.1) is 0 Å². The Morgan fingerprint density at radius 2 is 1.78 bits per heavy atom. The van der Waals surface area contributed by atoms with Crippen molar-refractivity contribution in [3.05, 3.63) is 35.4 Å². The van der Waals surface area contributed by atoms with E-state index in [0.29, 0.717) is 0 Å². The Labute approximate surface area is 112 Å². The molecule has 0 saturated heterocycles. The van der Waals surface area contributed by atoms with Gasteiger partial charge in [-0.25, -0.2) is 0 Å². The second-order valence-electron chi connectivity index (χ2n) is 4.67. The lowest BCUT2D eigenvalue weighted by Gasteiger charge is -2.10. The topological polar surface area (TPSA) is 21.3 Å². The highest BCUT2D eigenvalue weighted by molar-refractivity contribution is 5.26. The van der Waals surface area contributed by atoms with Crippen molar-refractivity contribution in [3.8, 4) is 0 Å². The van der Waals surface area contributed by atoms with Crippen LogP contribution in [0.3, 0.4) is 0 Å². The number of unbranched alkanes of at least 4 members (excludes halogenated alkanes) is 1. The van der Waals surface area contributed by atoms with Crippen molar-refractivity contribution in [1.82, 2.24) is 5.32 Å². The average molecular weight is 249 g/mol. The first-order valence-corrected chi connectivity index (χ1v) is 7.23. The van der Waals surface area contributed by atoms with Crippen LogP contribution in [0.2, 0.25) is 0 Å². The molecular weight excluding hydrogens is 222 g/mol. The van der Waals surface area contributed by atoms with Crippen molar-refractivity contribution >= 4 is 0 Å². The molecule has 2 heteroatoms. The Morgan fingerprint density at radius 1 is 1.00 bits per heavy atom. The van der Waals surface area contributed by atoms with Crippen LogP contribution in [0.15, 0.2) is 24.3 Å². The third-order valence-corrected chi connectivity index (χ3v) is 3.02. The molecule has 0 bridgehead atoms. The van der Waals surface area contributed by atoms with E-state index in [9.17, 15) is 0 Å². The van der Waals surface area contributed by atoms with Crippen molar-refractivity contribution in [2.75, 3.05) is 19.7 Å². The molecule has 0 unspecified atom stereocenters. The summed E-state index contributed by atoms with van der Waals surface area (Å²) < 4.78 is 5.71. The summed E-state index contributed by atoms with van der Waals surface area (Å²) in [6.07, 6.45) is 4.64. The Morgan fingerprint density at radius 3 is 2.50 bits per heavy atom. The molecular formula is C16H27NO. The zero-order valence-corrected chi connectivity index (χ0v) is 11.9. The first-order valence-electron chi connectivity index (χ1n) is 7.23. The van der Waals surface area contributed by atoms with Gasteiger partial charge in [0.05, 0.1) is 6.61 Å². The van der Waals surface area contributed by atoms with Gasteiger partial charge in [-0.1, -0.05) is 44.5 Å². The molecule has 1 N–H and O–H groups in total. The normalized spacial score (nSPS) is 10.8. The molecule has 102 valence electrons. The maximum atomic E-state index is 5.71. The summed E-state index contributed by atoms with van der Waals surface area (Å²) >= 11 is 0. The maximum Gasteiger partial charge on any atom is 0.0719 e. The summed E-state index contributed by atoms with van der Waals surface area (Å²) in [7, 11) is 0. The molecule has 1 aromatic carbocycles. The van der Waals surface area contributed by atoms with Crippen LogP contribution in [0.5, 0.6) is 0 Å². The van der Waals surface area contributed by atoms with Crippen molar-refractivity contribution in [1.29, 1.82) is 0 Å². The molecule has 0 spiro atoms. The average Bonchev–Trinajstić information content (AvgIpc) is 2.41. The van der Waals surface area contributed by atoms with Crippen LogP contribution in [0, 0.1) is 0 Å². The molecule has 1 rings (SSSR count). The van der Waals surface area contributed by atoms with Gasteiger partial charge in [0.15, 0.2) is 0 Å². The van der Waals surface area contributed by atoms with Gasteiger partial charge in [0.1, 0.15) is 0 Å². The van der Waals surface area contributed by atoms with Crippen molar-refractivity contribution < 1.29 is 4.74 Å². The first kappa shape index (κ1) is 15.2. The third kappa shape index (κ3) is 6.18. The van der Waals surface area contributed by atoms with Crippen LogP contribution in [0.25, 0.3) is 0 Å². The minimum atomic E-state index is 0.754. The van der Waals surface area contributed by atoms with Crippen molar-refractivity contribution in [2.45, 2.75) is 46.1 Å². The van der Waals surface area contributed by atoms with E-state index >= 15 is 0 Å². The molecule has 1 aromatic rings. The highest BCUT2D eigenvalue weighted by Crippen LogP contribution is 2.11. The lowest BCUT2D eigenvalue weighted by atomic mass is 10.1. The molecule has 18 heavy (non-hydrogen) atoms. The molecule has 0 amide bonds. The van der Waals surface area contributed by atoms with Crippen LogP contribution in [0.1, 0.15) is 44.2 Å². The predicted molar refractivity (Wildman–Crippen MR) is 77.9 cm³/mol. The summed E-state index contributed by atoms with van der Waals surface area (Å²) in [5.74, 6) is 0. The number of benzene rings is 1. The lowest BCUT2D eigenvalue weighted by molar-refractivity contribution is 0.117. The SMILES string of the molecule is CCCCOCc1ccccc1CCNCCC. The summed E-state index contributed by atoms with van der Waals surface area (Å²) in [6.45, 7) is 8.18. The fraction of sp³-hybridized carbons (Fsp3) is 0.625. The van der Waals surface area contributed by atoms with E-state index in [1.807, 2.05) is 0 Å². The van der Waals surface area contributed by atoms with E-state index in [4.69, 9.17) is 4.74 Å². The molecule has 0 aromatic heterocycles. The second-order valence-corrected chi connectivity index (χ2v) is 4.67. The highest BCUT2D eigenvalue weighted by atomic mass is 16.5. The number of hydrogen-bond acceptors (Lipinski definition) is 2.